The van der Waals surface area contributed by atoms with Crippen LogP contribution in [-0.2, 0) is 0 Å². The number of rotatable bonds is 3. The number of hydrogen-bond donors (Lipinski definition) is 1. The lowest BCUT2D eigenvalue weighted by Crippen LogP contribution is -2.40. The first kappa shape index (κ1) is 15.0. The third-order valence-corrected chi connectivity index (χ3v) is 3.88. The van der Waals surface area contributed by atoms with E-state index in [0.717, 1.165) is 18.9 Å². The predicted molar refractivity (Wildman–Crippen MR) is 81.5 cm³/mol. The average molecular weight is 278 g/mol. The molecule has 1 aliphatic heterocycles. The van der Waals surface area contributed by atoms with Crippen molar-refractivity contribution in [1.82, 2.24) is 19.9 Å². The summed E-state index contributed by atoms with van der Waals surface area (Å²) in [5, 5.41) is 0. The summed E-state index contributed by atoms with van der Waals surface area (Å²) in [6, 6.07) is 0.171. The Balaban J connectivity index is 2.21. The van der Waals surface area contributed by atoms with Crippen LogP contribution in [0.2, 0.25) is 0 Å². The molecule has 6 nitrogen and oxygen atoms in total. The molecule has 6 heteroatoms. The minimum atomic E-state index is 0.171. The normalized spacial score (nSPS) is 25.4. The lowest BCUT2D eigenvalue weighted by molar-refractivity contribution is 0.0991. The molecular formula is C14H26N6. The van der Waals surface area contributed by atoms with Crippen LogP contribution in [-0.4, -0.2) is 47.0 Å². The van der Waals surface area contributed by atoms with Gasteiger partial charge in [0.05, 0.1) is 6.04 Å². The Morgan fingerprint density at radius 3 is 2.30 bits per heavy atom. The molecule has 2 heterocycles. The van der Waals surface area contributed by atoms with Gasteiger partial charge in [0.2, 0.25) is 11.9 Å². The van der Waals surface area contributed by atoms with Crippen LogP contribution in [0.5, 0.6) is 0 Å². The van der Waals surface area contributed by atoms with Gasteiger partial charge < -0.3 is 10.6 Å². The maximum atomic E-state index is 5.81. The molecule has 0 amide bonds. The monoisotopic (exact) mass is 278 g/mol. The maximum absolute atomic E-state index is 5.81. The molecule has 1 aromatic heterocycles. The number of nitrogens with zero attached hydrogens (tertiary/aromatic N) is 5. The zero-order valence-electron chi connectivity index (χ0n) is 13.2. The van der Waals surface area contributed by atoms with Crippen molar-refractivity contribution in [3.05, 3.63) is 5.82 Å². The number of hydrogen-bond acceptors (Lipinski definition) is 6. The number of nitrogens with two attached hydrogens (primary N) is 1. The number of piperidine rings is 1. The number of nitrogen functional groups attached to an aromatic ring is 1. The molecule has 1 aliphatic rings. The van der Waals surface area contributed by atoms with E-state index in [4.69, 9.17) is 5.73 Å². The second-order valence-corrected chi connectivity index (χ2v) is 6.32. The van der Waals surface area contributed by atoms with E-state index >= 15 is 0 Å². The lowest BCUT2D eigenvalue weighted by Gasteiger charge is -2.38. The van der Waals surface area contributed by atoms with Crippen molar-refractivity contribution < 1.29 is 0 Å². The molecule has 20 heavy (non-hydrogen) atoms. The highest BCUT2D eigenvalue weighted by Crippen LogP contribution is 2.28. The minimum Gasteiger partial charge on any atom is -0.368 e. The van der Waals surface area contributed by atoms with E-state index in [2.05, 4.69) is 40.6 Å². The summed E-state index contributed by atoms with van der Waals surface area (Å²) in [7, 11) is 3.82. The standard InChI is InChI=1S/C14H26N6/c1-9-6-10(2)8-20(7-9)11(3)12-16-13(15)18-14(17-12)19(4)5/h9-11H,6-8H2,1-5H3,(H2,15,16,17,18)/t9-,10-,11-/m1/s1. The molecule has 112 valence electrons. The maximum Gasteiger partial charge on any atom is 0.229 e. The summed E-state index contributed by atoms with van der Waals surface area (Å²) in [5.74, 6) is 3.12. The third kappa shape index (κ3) is 3.36. The summed E-state index contributed by atoms with van der Waals surface area (Å²) >= 11 is 0. The summed E-state index contributed by atoms with van der Waals surface area (Å²) < 4.78 is 0. The highest BCUT2D eigenvalue weighted by atomic mass is 15.3. The Morgan fingerprint density at radius 1 is 1.15 bits per heavy atom. The van der Waals surface area contributed by atoms with Crippen LogP contribution in [0.4, 0.5) is 11.9 Å². The van der Waals surface area contributed by atoms with Crippen LogP contribution in [0.3, 0.4) is 0 Å². The Kier molecular flexibility index (Phi) is 4.42. The van der Waals surface area contributed by atoms with Crippen molar-refractivity contribution >= 4 is 11.9 Å². The van der Waals surface area contributed by atoms with Crippen LogP contribution in [0.1, 0.15) is 39.1 Å². The quantitative estimate of drug-likeness (QED) is 0.904. The molecule has 0 spiro atoms. The molecule has 0 aromatic carbocycles. The van der Waals surface area contributed by atoms with Gasteiger partial charge >= 0.3 is 0 Å². The SMILES string of the molecule is C[C@@H]1C[C@@H](C)CN([C@H](C)c2nc(N)nc(N(C)C)n2)C1. The molecule has 1 aromatic rings. The number of likely N-dealkylation sites (tertiary alicyclic amines) is 1. The van der Waals surface area contributed by atoms with E-state index in [1.165, 1.54) is 6.42 Å². The van der Waals surface area contributed by atoms with Gasteiger partial charge in [0.15, 0.2) is 5.82 Å². The van der Waals surface area contributed by atoms with Crippen molar-refractivity contribution in [2.75, 3.05) is 37.8 Å². The number of anilines is 2. The molecule has 0 saturated carbocycles. The number of aromatic nitrogens is 3. The molecule has 0 radical (unpaired) electrons. The smallest absolute Gasteiger partial charge is 0.229 e. The van der Waals surface area contributed by atoms with Gasteiger partial charge in [-0.15, -0.1) is 0 Å². The fourth-order valence-electron chi connectivity index (χ4n) is 2.97. The first-order valence-electron chi connectivity index (χ1n) is 7.29. The van der Waals surface area contributed by atoms with Gasteiger partial charge in [-0.2, -0.15) is 15.0 Å². The fraction of sp³-hybridized carbons (Fsp3) is 0.786. The van der Waals surface area contributed by atoms with E-state index < -0.39 is 0 Å². The zero-order chi connectivity index (χ0) is 14.9. The second-order valence-electron chi connectivity index (χ2n) is 6.32. The molecule has 0 aliphatic carbocycles. The van der Waals surface area contributed by atoms with Gasteiger partial charge in [0, 0.05) is 27.2 Å². The first-order valence-corrected chi connectivity index (χ1v) is 7.29. The highest BCUT2D eigenvalue weighted by molar-refractivity contribution is 5.33. The molecule has 2 N–H and O–H groups in total. The molecule has 0 bridgehead atoms. The van der Waals surface area contributed by atoms with Crippen LogP contribution in [0, 0.1) is 11.8 Å². The van der Waals surface area contributed by atoms with E-state index in [0.29, 0.717) is 23.7 Å². The zero-order valence-corrected chi connectivity index (χ0v) is 13.2. The van der Waals surface area contributed by atoms with Gasteiger partial charge in [0.25, 0.3) is 0 Å². The van der Waals surface area contributed by atoms with Gasteiger partial charge in [0.1, 0.15) is 0 Å². The van der Waals surface area contributed by atoms with Crippen LogP contribution >= 0.6 is 0 Å². The van der Waals surface area contributed by atoms with Gasteiger partial charge in [-0.25, -0.2) is 0 Å². The van der Waals surface area contributed by atoms with Crippen LogP contribution < -0.4 is 10.6 Å². The summed E-state index contributed by atoms with van der Waals surface area (Å²) in [6.07, 6.45) is 1.30. The molecule has 3 atom stereocenters. The van der Waals surface area contributed by atoms with Crippen LogP contribution in [0.15, 0.2) is 0 Å². The Hall–Kier alpha value is -1.43. The fourth-order valence-corrected chi connectivity index (χ4v) is 2.97. The van der Waals surface area contributed by atoms with Gasteiger partial charge in [-0.05, 0) is 25.2 Å². The van der Waals surface area contributed by atoms with Crippen molar-refractivity contribution in [3.63, 3.8) is 0 Å². The topological polar surface area (TPSA) is 71.2 Å². The molecular weight excluding hydrogens is 252 g/mol. The van der Waals surface area contributed by atoms with E-state index in [-0.39, 0.29) is 6.04 Å². The summed E-state index contributed by atoms with van der Waals surface area (Å²) in [5.41, 5.74) is 5.81. The lowest BCUT2D eigenvalue weighted by atomic mass is 9.91. The van der Waals surface area contributed by atoms with Crippen molar-refractivity contribution in [1.29, 1.82) is 0 Å². The average Bonchev–Trinajstić information content (AvgIpc) is 2.35. The Labute approximate surface area is 121 Å². The molecule has 1 saturated heterocycles. The van der Waals surface area contributed by atoms with Crippen LogP contribution in [0.25, 0.3) is 0 Å². The largest absolute Gasteiger partial charge is 0.368 e. The van der Waals surface area contributed by atoms with E-state index in [1.54, 1.807) is 0 Å². The van der Waals surface area contributed by atoms with Crippen molar-refractivity contribution in [2.45, 2.75) is 33.2 Å². The van der Waals surface area contributed by atoms with E-state index in [1.807, 2.05) is 19.0 Å². The van der Waals surface area contributed by atoms with Gasteiger partial charge in [-0.1, -0.05) is 13.8 Å². The first-order chi connectivity index (χ1) is 9.36. The molecule has 2 rings (SSSR count). The summed E-state index contributed by atoms with van der Waals surface area (Å²) in [4.78, 5) is 17.3. The Morgan fingerprint density at radius 2 is 1.75 bits per heavy atom. The highest BCUT2D eigenvalue weighted by Gasteiger charge is 2.27. The van der Waals surface area contributed by atoms with E-state index in [9.17, 15) is 0 Å². The van der Waals surface area contributed by atoms with Gasteiger partial charge in [-0.3, -0.25) is 4.90 Å². The second kappa shape index (κ2) is 5.91. The Bertz CT molecular complexity index is 451. The minimum absolute atomic E-state index is 0.171. The molecule has 0 unspecified atom stereocenters. The molecule has 1 fully saturated rings. The predicted octanol–water partition coefficient (Wildman–Crippen LogP) is 1.56. The third-order valence-electron chi connectivity index (χ3n) is 3.88. The van der Waals surface area contributed by atoms with Crippen molar-refractivity contribution in [2.24, 2.45) is 11.8 Å². The van der Waals surface area contributed by atoms with Crippen molar-refractivity contribution in [3.8, 4) is 0 Å². The summed E-state index contributed by atoms with van der Waals surface area (Å²) in [6.45, 7) is 8.95.